The summed E-state index contributed by atoms with van der Waals surface area (Å²) in [6.07, 6.45) is 9.65. The maximum atomic E-state index is 13.4. The smallest absolute Gasteiger partial charge is 0.137 e. The molecule has 0 saturated carbocycles. The molecule has 0 amide bonds. The van der Waals surface area contributed by atoms with Crippen molar-refractivity contribution in [3.8, 4) is 0 Å². The average molecular weight is 291 g/mol. The van der Waals surface area contributed by atoms with Gasteiger partial charge in [0.2, 0.25) is 0 Å². The Morgan fingerprint density at radius 1 is 1.33 bits per heavy atom. The Balaban J connectivity index is 1.86. The van der Waals surface area contributed by atoms with Crippen LogP contribution in [0.5, 0.6) is 0 Å². The van der Waals surface area contributed by atoms with E-state index < -0.39 is 5.82 Å². The van der Waals surface area contributed by atoms with Crippen LogP contribution < -0.4 is 5.32 Å². The van der Waals surface area contributed by atoms with Crippen molar-refractivity contribution in [2.24, 2.45) is 0 Å². The minimum atomic E-state index is -0.409. The topological polar surface area (TPSA) is 29.1 Å². The van der Waals surface area contributed by atoms with Crippen LogP contribution in [0.1, 0.15) is 24.8 Å². The monoisotopic (exact) mass is 291 g/mol. The lowest BCUT2D eigenvalue weighted by Gasteiger charge is -2.04. The van der Waals surface area contributed by atoms with Gasteiger partial charge >= 0.3 is 0 Å². The van der Waals surface area contributed by atoms with Crippen molar-refractivity contribution in [3.63, 3.8) is 0 Å². The zero-order chi connectivity index (χ0) is 15.1. The first-order chi connectivity index (χ1) is 10.2. The second-order valence-electron chi connectivity index (χ2n) is 5.14. The fourth-order valence-electron chi connectivity index (χ4n) is 2.33. The highest BCUT2D eigenvalue weighted by atomic mass is 19.1. The van der Waals surface area contributed by atoms with E-state index in [0.717, 1.165) is 31.4 Å². The summed E-state index contributed by atoms with van der Waals surface area (Å²) in [5.41, 5.74) is 1.57. The normalized spacial score (nSPS) is 19.3. The molecule has 0 bridgehead atoms. The Kier molecular flexibility index (Phi) is 5.81. The molecule has 1 heterocycles. The molecule has 0 saturated heterocycles. The molecule has 1 aromatic carbocycles. The number of aryl methyl sites for hydroxylation is 1. The van der Waals surface area contributed by atoms with Crippen LogP contribution in [0.25, 0.3) is 0 Å². The third kappa shape index (κ3) is 4.90. The van der Waals surface area contributed by atoms with E-state index in [9.17, 15) is 13.6 Å². The van der Waals surface area contributed by atoms with Gasteiger partial charge in [-0.15, -0.1) is 0 Å². The van der Waals surface area contributed by atoms with Crippen LogP contribution in [0.3, 0.4) is 0 Å². The largest absolute Gasteiger partial charge is 0.307 e. The number of hydrogen-bond donors (Lipinski definition) is 1. The molecule has 4 heteroatoms. The summed E-state index contributed by atoms with van der Waals surface area (Å²) in [6, 6.07) is 3.43. The molecular weight excluding hydrogens is 272 g/mol. The van der Waals surface area contributed by atoms with E-state index in [-0.39, 0.29) is 11.9 Å². The summed E-state index contributed by atoms with van der Waals surface area (Å²) in [6.45, 7) is 0.776. The van der Waals surface area contributed by atoms with Crippen LogP contribution in [0, 0.1) is 11.6 Å². The van der Waals surface area contributed by atoms with Gasteiger partial charge in [0.25, 0.3) is 0 Å². The van der Waals surface area contributed by atoms with Crippen molar-refractivity contribution >= 4 is 6.29 Å². The van der Waals surface area contributed by atoms with E-state index in [1.165, 1.54) is 11.6 Å². The van der Waals surface area contributed by atoms with Crippen molar-refractivity contribution < 1.29 is 13.6 Å². The van der Waals surface area contributed by atoms with E-state index in [2.05, 4.69) is 11.4 Å². The lowest BCUT2D eigenvalue weighted by molar-refractivity contribution is -0.109. The summed E-state index contributed by atoms with van der Waals surface area (Å²) in [7, 11) is 0. The Morgan fingerprint density at radius 3 is 3.00 bits per heavy atom. The molecule has 0 aromatic heterocycles. The molecule has 112 valence electrons. The lowest BCUT2D eigenvalue weighted by atomic mass is 10.1. The van der Waals surface area contributed by atoms with Crippen LogP contribution in [-0.4, -0.2) is 18.9 Å². The molecule has 1 aliphatic rings. The lowest BCUT2D eigenvalue weighted by Crippen LogP contribution is -2.29. The van der Waals surface area contributed by atoms with Gasteiger partial charge in [-0.25, -0.2) is 8.78 Å². The number of carbonyl (C=O) groups is 1. The summed E-state index contributed by atoms with van der Waals surface area (Å²) >= 11 is 0. The first-order valence-corrected chi connectivity index (χ1v) is 7.17. The van der Waals surface area contributed by atoms with E-state index in [4.69, 9.17) is 0 Å². The predicted molar refractivity (Wildman–Crippen MR) is 79.0 cm³/mol. The van der Waals surface area contributed by atoms with Gasteiger partial charge in [0.05, 0.1) is 6.04 Å². The number of nitrogens with one attached hydrogen (secondary N) is 1. The molecule has 0 radical (unpaired) electrons. The molecule has 0 aliphatic carbocycles. The van der Waals surface area contributed by atoms with Crippen LogP contribution in [0.2, 0.25) is 0 Å². The van der Waals surface area contributed by atoms with Gasteiger partial charge in [-0.2, -0.15) is 0 Å². The maximum absolute atomic E-state index is 13.4. The van der Waals surface area contributed by atoms with Crippen molar-refractivity contribution in [2.75, 3.05) is 6.54 Å². The highest BCUT2D eigenvalue weighted by Gasteiger charge is 2.08. The Bertz CT molecular complexity index is 552. The first kappa shape index (κ1) is 15.6. The van der Waals surface area contributed by atoms with E-state index in [1.807, 2.05) is 12.2 Å². The second-order valence-corrected chi connectivity index (χ2v) is 5.14. The molecule has 1 aliphatic heterocycles. The molecule has 0 fully saturated rings. The minimum Gasteiger partial charge on any atom is -0.307 e. The van der Waals surface area contributed by atoms with Gasteiger partial charge in [-0.3, -0.25) is 0 Å². The number of hydrogen-bond acceptors (Lipinski definition) is 2. The van der Waals surface area contributed by atoms with Gasteiger partial charge in [-0.1, -0.05) is 23.8 Å². The second kappa shape index (κ2) is 7.84. The standard InChI is InChI=1S/C17H19F2NO/c18-15-6-8-17(19)14(11-15)4-2-1-3-13-5-7-16(12-21)20-10-9-13/h1,3,5-6,8,11-12,16,20H,2,4,7,9-10H2/b3-1+. The number of halogens is 2. The van der Waals surface area contributed by atoms with Crippen LogP contribution in [0.4, 0.5) is 8.78 Å². The summed E-state index contributed by atoms with van der Waals surface area (Å²) in [5.74, 6) is -0.774. The molecular formula is C17H19F2NO. The molecule has 2 nitrogen and oxygen atoms in total. The van der Waals surface area contributed by atoms with Gasteiger partial charge in [-0.05, 0) is 56.0 Å². The van der Waals surface area contributed by atoms with Crippen LogP contribution >= 0.6 is 0 Å². The molecule has 2 rings (SSSR count). The highest BCUT2D eigenvalue weighted by molar-refractivity contribution is 5.58. The van der Waals surface area contributed by atoms with Gasteiger partial charge in [0, 0.05) is 0 Å². The number of allylic oxidation sites excluding steroid dienone is 2. The number of benzene rings is 1. The van der Waals surface area contributed by atoms with Crippen LogP contribution in [0.15, 0.2) is 42.0 Å². The van der Waals surface area contributed by atoms with Crippen molar-refractivity contribution in [1.82, 2.24) is 5.32 Å². The first-order valence-electron chi connectivity index (χ1n) is 7.17. The third-order valence-corrected chi connectivity index (χ3v) is 3.54. The van der Waals surface area contributed by atoms with E-state index in [1.54, 1.807) is 0 Å². The molecule has 0 spiro atoms. The summed E-state index contributed by atoms with van der Waals surface area (Å²) in [5, 5.41) is 3.15. The highest BCUT2D eigenvalue weighted by Crippen LogP contribution is 2.14. The van der Waals surface area contributed by atoms with E-state index in [0.29, 0.717) is 24.8 Å². The average Bonchev–Trinajstić information content (AvgIpc) is 2.72. The zero-order valence-electron chi connectivity index (χ0n) is 11.8. The molecule has 21 heavy (non-hydrogen) atoms. The molecule has 1 N–H and O–H groups in total. The van der Waals surface area contributed by atoms with Crippen LogP contribution in [-0.2, 0) is 11.2 Å². The van der Waals surface area contributed by atoms with Crippen molar-refractivity contribution in [1.29, 1.82) is 0 Å². The Labute approximate surface area is 123 Å². The zero-order valence-corrected chi connectivity index (χ0v) is 11.8. The molecule has 1 unspecified atom stereocenters. The van der Waals surface area contributed by atoms with E-state index >= 15 is 0 Å². The molecule has 1 atom stereocenters. The summed E-state index contributed by atoms with van der Waals surface area (Å²) in [4.78, 5) is 10.7. The van der Waals surface area contributed by atoms with Gasteiger partial charge in [0.1, 0.15) is 17.9 Å². The molecule has 1 aromatic rings. The fourth-order valence-corrected chi connectivity index (χ4v) is 2.33. The third-order valence-electron chi connectivity index (χ3n) is 3.54. The number of carbonyl (C=O) groups excluding carboxylic acids is 1. The quantitative estimate of drug-likeness (QED) is 0.843. The van der Waals surface area contributed by atoms with Crippen molar-refractivity contribution in [3.05, 3.63) is 59.2 Å². The maximum Gasteiger partial charge on any atom is 0.137 e. The SMILES string of the molecule is O=CC1CC=C(/C=C/CCc2cc(F)ccc2F)CCN1. The summed E-state index contributed by atoms with van der Waals surface area (Å²) < 4.78 is 26.5. The van der Waals surface area contributed by atoms with Crippen molar-refractivity contribution in [2.45, 2.75) is 31.7 Å². The number of aldehydes is 1. The Morgan fingerprint density at radius 2 is 2.19 bits per heavy atom. The van der Waals surface area contributed by atoms with Gasteiger partial charge in [0.15, 0.2) is 0 Å². The minimum absolute atomic E-state index is 0.0997. The number of rotatable bonds is 5. The van der Waals surface area contributed by atoms with Gasteiger partial charge < -0.3 is 10.1 Å². The fraction of sp³-hybridized carbons (Fsp3) is 0.353. The predicted octanol–water partition coefficient (Wildman–Crippen LogP) is 3.33. The Hall–Kier alpha value is -1.81.